The van der Waals surface area contributed by atoms with Gasteiger partial charge >= 0.3 is 17.1 Å². The Balaban J connectivity index is -0.000000419. The fraction of sp³-hybridized carbons (Fsp3) is 0.889. The molecule has 0 aromatic heterocycles. The van der Waals surface area contributed by atoms with E-state index in [1.165, 1.54) is 231 Å². The first-order valence-corrected chi connectivity index (χ1v) is 31.9. The average molecular weight is 1000 g/mol. The van der Waals surface area contributed by atoms with Gasteiger partial charge in [-0.25, -0.2) is 0 Å². The molecule has 0 fully saturated rings. The molecule has 3 unspecified atom stereocenters. The Hall–Kier alpha value is 0.309. The normalized spacial score (nSPS) is 12.8. The Morgan fingerprint density at radius 3 is 0.547 bits per heavy atom. The molecular formula is C54H108FeO6P3. The van der Waals surface area contributed by atoms with Gasteiger partial charge in [0, 0.05) is 24.1 Å². The van der Waals surface area contributed by atoms with Crippen LogP contribution in [-0.2, 0) is 30.8 Å². The summed E-state index contributed by atoms with van der Waals surface area (Å²) in [4.78, 5) is 31.2. The van der Waals surface area contributed by atoms with Crippen molar-refractivity contribution in [2.45, 2.75) is 290 Å². The van der Waals surface area contributed by atoms with Crippen LogP contribution in [0, 0.1) is 0 Å². The van der Waals surface area contributed by atoms with Gasteiger partial charge < -0.3 is 28.4 Å². The van der Waals surface area contributed by atoms with Gasteiger partial charge in [0.15, 0.2) is 0 Å². The third kappa shape index (κ3) is 79.4. The molecule has 0 aromatic carbocycles. The second-order valence-electron chi connectivity index (χ2n) is 18.2. The molecule has 0 bridgehead atoms. The van der Waals surface area contributed by atoms with E-state index < -0.39 is 24.1 Å². The van der Waals surface area contributed by atoms with Gasteiger partial charge in [0.2, 0.25) is 0 Å². The quantitative estimate of drug-likeness (QED) is 0.0259. The van der Waals surface area contributed by atoms with Crippen molar-refractivity contribution < 1.29 is 45.4 Å². The first kappa shape index (κ1) is 70.9. The summed E-state index contributed by atoms with van der Waals surface area (Å²) < 4.78 is 31.2. The molecule has 383 valence electrons. The van der Waals surface area contributed by atoms with Gasteiger partial charge in [0.1, 0.15) is 0 Å². The van der Waals surface area contributed by atoms with Crippen molar-refractivity contribution >= 4 is 24.1 Å². The van der Waals surface area contributed by atoms with E-state index in [4.69, 9.17) is 0 Å². The van der Waals surface area contributed by atoms with Gasteiger partial charge in [-0.3, -0.25) is 0 Å². The minimum Gasteiger partial charge on any atom is -0.802 e. The topological polar surface area (TPSA) is 120 Å². The molecule has 0 spiro atoms. The zero-order chi connectivity index (χ0) is 46.8. The second kappa shape index (κ2) is 67.6. The first-order valence-electron chi connectivity index (χ1n) is 27.4. The maximum Gasteiger partial charge on any atom is 3.00 e. The van der Waals surface area contributed by atoms with Crippen LogP contribution in [-0.4, -0.2) is 18.5 Å². The SMILES string of the molecule is CCCCCCCC/C=C\CCCCCCCC[PH](=O)[O-].CCCCCCCC/C=C\CCCCCCCC[PH](=O)[O-].CCCCCCCC/C=C\CCCCCCCC[PH](=O)[O-].[Fe+3]. The van der Waals surface area contributed by atoms with E-state index in [0.29, 0.717) is 18.5 Å². The van der Waals surface area contributed by atoms with Crippen molar-refractivity contribution in [1.29, 1.82) is 0 Å². The Morgan fingerprint density at radius 1 is 0.250 bits per heavy atom. The Morgan fingerprint density at radius 2 is 0.391 bits per heavy atom. The van der Waals surface area contributed by atoms with Gasteiger partial charge in [0.05, 0.1) is 0 Å². The summed E-state index contributed by atoms with van der Waals surface area (Å²) in [7, 11) is -7.39. The summed E-state index contributed by atoms with van der Waals surface area (Å²) in [6.07, 6.45) is 68.4. The molecule has 0 aliphatic heterocycles. The van der Waals surface area contributed by atoms with E-state index in [2.05, 4.69) is 57.2 Å². The Kier molecular flexibility index (Phi) is 74.8. The predicted molar refractivity (Wildman–Crippen MR) is 280 cm³/mol. The zero-order valence-corrected chi connectivity index (χ0v) is 46.7. The molecule has 0 heterocycles. The molecule has 6 nitrogen and oxygen atoms in total. The summed E-state index contributed by atoms with van der Waals surface area (Å²) in [5.41, 5.74) is 0. The fourth-order valence-corrected chi connectivity index (χ4v) is 9.17. The molecule has 1 radical (unpaired) electrons. The van der Waals surface area contributed by atoms with E-state index in [0.717, 1.165) is 38.5 Å². The molecule has 0 N–H and O–H groups in total. The Labute approximate surface area is 412 Å². The molecule has 0 saturated carbocycles. The van der Waals surface area contributed by atoms with Crippen molar-refractivity contribution in [3.8, 4) is 0 Å². The number of unbranched alkanes of at least 4 members (excludes halogenated alkanes) is 36. The summed E-state index contributed by atoms with van der Waals surface area (Å²) >= 11 is 0. The van der Waals surface area contributed by atoms with E-state index in [1.54, 1.807) is 0 Å². The summed E-state index contributed by atoms with van der Waals surface area (Å²) in [6.45, 7) is 6.79. The largest absolute Gasteiger partial charge is 3.00 e. The second-order valence-corrected chi connectivity index (χ2v) is 21.9. The molecule has 3 atom stereocenters. The van der Waals surface area contributed by atoms with Crippen molar-refractivity contribution in [1.82, 2.24) is 0 Å². The maximum atomic E-state index is 10.4. The molecular weight excluding hydrogens is 893 g/mol. The number of allylic oxidation sites excluding steroid dienone is 6. The first-order chi connectivity index (χ1) is 30.8. The van der Waals surface area contributed by atoms with Crippen molar-refractivity contribution in [3.63, 3.8) is 0 Å². The van der Waals surface area contributed by atoms with E-state index in [1.807, 2.05) is 0 Å². The van der Waals surface area contributed by atoms with Gasteiger partial charge in [-0.2, -0.15) is 0 Å². The zero-order valence-electron chi connectivity index (χ0n) is 42.6. The van der Waals surface area contributed by atoms with Crippen LogP contribution >= 0.6 is 24.1 Å². The number of hydrogen-bond donors (Lipinski definition) is 0. The summed E-state index contributed by atoms with van der Waals surface area (Å²) in [5, 5.41) is 0. The minimum absolute atomic E-state index is 0. The molecule has 0 amide bonds. The fourth-order valence-electron chi connectivity index (χ4n) is 7.55. The van der Waals surface area contributed by atoms with Crippen LogP contribution < -0.4 is 14.7 Å². The smallest absolute Gasteiger partial charge is 0.802 e. The predicted octanol–water partition coefficient (Wildman–Crippen LogP) is 17.6. The van der Waals surface area contributed by atoms with E-state index in [9.17, 15) is 28.4 Å². The van der Waals surface area contributed by atoms with E-state index >= 15 is 0 Å². The Bertz CT molecular complexity index is 886. The molecule has 0 rings (SSSR count). The van der Waals surface area contributed by atoms with Crippen LogP contribution in [0.4, 0.5) is 0 Å². The van der Waals surface area contributed by atoms with E-state index in [-0.39, 0.29) is 17.1 Å². The minimum atomic E-state index is -2.46. The molecule has 0 saturated heterocycles. The van der Waals surface area contributed by atoms with Crippen molar-refractivity contribution in [2.75, 3.05) is 18.5 Å². The third-order valence-electron chi connectivity index (χ3n) is 11.7. The molecule has 10 heteroatoms. The summed E-state index contributed by atoms with van der Waals surface area (Å²) in [6, 6.07) is 0. The van der Waals surface area contributed by atoms with Crippen LogP contribution in [0.25, 0.3) is 0 Å². The van der Waals surface area contributed by atoms with Crippen molar-refractivity contribution in [3.05, 3.63) is 36.5 Å². The van der Waals surface area contributed by atoms with Gasteiger partial charge in [-0.05, 0) is 115 Å². The number of hydrogen-bond acceptors (Lipinski definition) is 6. The van der Waals surface area contributed by atoms with Crippen LogP contribution in [0.5, 0.6) is 0 Å². The molecule has 0 aromatic rings. The van der Waals surface area contributed by atoms with Gasteiger partial charge in [0.25, 0.3) is 0 Å². The van der Waals surface area contributed by atoms with Gasteiger partial charge in [-0.1, -0.05) is 231 Å². The summed E-state index contributed by atoms with van der Waals surface area (Å²) in [5.74, 6) is 0. The van der Waals surface area contributed by atoms with Crippen molar-refractivity contribution in [2.24, 2.45) is 0 Å². The molecule has 0 aliphatic carbocycles. The monoisotopic (exact) mass is 1000 g/mol. The standard InChI is InChI=1S/3C18H37O2P.Fe/c3*1-2-3-4-5-6-7-8-9-10-11-12-13-14-15-16-17-18-21(19)20;/h3*9-10,21H,2-8,11-18H2,1H3,(H,19,20);/q;;;+3/p-3/b3*10-9-;. The number of rotatable bonds is 48. The third-order valence-corrected chi connectivity index (χ3v) is 14.0. The van der Waals surface area contributed by atoms with Gasteiger partial charge in [-0.15, -0.1) is 0 Å². The molecule has 64 heavy (non-hydrogen) atoms. The van der Waals surface area contributed by atoms with Crippen LogP contribution in [0.15, 0.2) is 36.5 Å². The van der Waals surface area contributed by atoms with Crippen LogP contribution in [0.1, 0.15) is 290 Å². The average Bonchev–Trinajstić information content (AvgIpc) is 3.26. The molecule has 0 aliphatic rings. The van der Waals surface area contributed by atoms with Crippen LogP contribution in [0.2, 0.25) is 0 Å². The van der Waals surface area contributed by atoms with Crippen LogP contribution in [0.3, 0.4) is 0 Å². The maximum absolute atomic E-state index is 10.4.